The van der Waals surface area contributed by atoms with E-state index in [1.54, 1.807) is 0 Å². The number of ketones is 1. The summed E-state index contributed by atoms with van der Waals surface area (Å²) in [6, 6.07) is 0. The van der Waals surface area contributed by atoms with Crippen molar-refractivity contribution < 1.29 is 9.59 Å². The first kappa shape index (κ1) is 18.7. The lowest BCUT2D eigenvalue weighted by molar-refractivity contribution is -0.121. The maximum Gasteiger partial charge on any atom is 0.192 e. The Morgan fingerprint density at radius 3 is 2.33 bits per heavy atom. The molecule has 122 valence electrons. The van der Waals surface area contributed by atoms with Gasteiger partial charge < -0.3 is 0 Å². The molecule has 1 aliphatic carbocycles. The van der Waals surface area contributed by atoms with Crippen molar-refractivity contribution in [3.05, 3.63) is 0 Å². The van der Waals surface area contributed by atoms with Crippen molar-refractivity contribution >= 4 is 22.7 Å². The third kappa shape index (κ3) is 6.14. The highest BCUT2D eigenvalue weighted by molar-refractivity contribution is 8.14. The first-order valence-electron chi connectivity index (χ1n) is 8.37. The van der Waals surface area contributed by atoms with Gasteiger partial charge in [0.15, 0.2) is 5.12 Å². The summed E-state index contributed by atoms with van der Waals surface area (Å²) in [7, 11) is 0. The first-order chi connectivity index (χ1) is 9.61. The standard InChI is InChI=1S/C18H32O2S/c1-12(2)8-7-9-15(17(20)21-18(4,5)6)14-10-11-16(19)13(14)3/h12-15H,7-11H2,1-6H3/t13?,14-,15+/m0/s1. The van der Waals surface area contributed by atoms with Crippen LogP contribution in [0.5, 0.6) is 0 Å². The Morgan fingerprint density at radius 2 is 1.90 bits per heavy atom. The molecule has 3 heteroatoms. The summed E-state index contributed by atoms with van der Waals surface area (Å²) in [6.07, 6.45) is 4.78. The van der Waals surface area contributed by atoms with E-state index in [1.165, 1.54) is 18.2 Å². The van der Waals surface area contributed by atoms with Gasteiger partial charge >= 0.3 is 0 Å². The number of hydrogen-bond acceptors (Lipinski definition) is 3. The Labute approximate surface area is 134 Å². The molecule has 0 heterocycles. The smallest absolute Gasteiger partial charge is 0.192 e. The molecule has 0 spiro atoms. The van der Waals surface area contributed by atoms with Crippen LogP contribution in [-0.4, -0.2) is 15.6 Å². The van der Waals surface area contributed by atoms with E-state index in [9.17, 15) is 9.59 Å². The molecule has 1 fully saturated rings. The molecule has 0 aliphatic heterocycles. The maximum absolute atomic E-state index is 12.7. The van der Waals surface area contributed by atoms with E-state index < -0.39 is 0 Å². The molecule has 0 amide bonds. The summed E-state index contributed by atoms with van der Waals surface area (Å²) < 4.78 is -0.0424. The van der Waals surface area contributed by atoms with E-state index in [2.05, 4.69) is 34.6 Å². The highest BCUT2D eigenvalue weighted by Crippen LogP contribution is 2.41. The molecule has 0 saturated heterocycles. The molecular weight excluding hydrogens is 280 g/mol. The number of rotatable bonds is 6. The molecule has 1 rings (SSSR count). The fourth-order valence-electron chi connectivity index (χ4n) is 3.21. The maximum atomic E-state index is 12.7. The van der Waals surface area contributed by atoms with Crippen LogP contribution in [-0.2, 0) is 9.59 Å². The van der Waals surface area contributed by atoms with E-state index in [0.717, 1.165) is 19.3 Å². The summed E-state index contributed by atoms with van der Waals surface area (Å²) in [5.41, 5.74) is 0. The van der Waals surface area contributed by atoms with Crippen LogP contribution in [0.4, 0.5) is 0 Å². The lowest BCUT2D eigenvalue weighted by Crippen LogP contribution is -2.28. The van der Waals surface area contributed by atoms with Crippen LogP contribution in [0.15, 0.2) is 0 Å². The van der Waals surface area contributed by atoms with Crippen LogP contribution in [0.1, 0.15) is 73.6 Å². The Hall–Kier alpha value is -0.310. The van der Waals surface area contributed by atoms with Crippen molar-refractivity contribution in [1.82, 2.24) is 0 Å². The topological polar surface area (TPSA) is 34.1 Å². The number of hydrogen-bond donors (Lipinski definition) is 0. The molecule has 0 aromatic heterocycles. The average Bonchev–Trinajstić information content (AvgIpc) is 2.63. The van der Waals surface area contributed by atoms with E-state index in [4.69, 9.17) is 0 Å². The van der Waals surface area contributed by atoms with Gasteiger partial charge in [0.25, 0.3) is 0 Å². The van der Waals surface area contributed by atoms with Crippen molar-refractivity contribution in [2.24, 2.45) is 23.7 Å². The largest absolute Gasteiger partial charge is 0.299 e. The summed E-state index contributed by atoms with van der Waals surface area (Å²) >= 11 is 1.46. The van der Waals surface area contributed by atoms with Crippen LogP contribution < -0.4 is 0 Å². The fraction of sp³-hybridized carbons (Fsp3) is 0.889. The van der Waals surface area contributed by atoms with Gasteiger partial charge in [-0.15, -0.1) is 0 Å². The van der Waals surface area contributed by atoms with E-state index in [0.29, 0.717) is 23.2 Å². The Balaban J connectivity index is 2.74. The highest BCUT2D eigenvalue weighted by atomic mass is 32.2. The monoisotopic (exact) mass is 312 g/mol. The predicted octanol–water partition coefficient (Wildman–Crippen LogP) is 5.10. The second-order valence-corrected chi connectivity index (χ2v) is 9.75. The van der Waals surface area contributed by atoms with Crippen LogP contribution in [0.3, 0.4) is 0 Å². The van der Waals surface area contributed by atoms with Gasteiger partial charge in [-0.1, -0.05) is 66.1 Å². The molecule has 0 radical (unpaired) electrons. The number of carbonyl (C=O) groups excluding carboxylic acids is 2. The zero-order valence-electron chi connectivity index (χ0n) is 14.6. The second kappa shape index (κ2) is 7.80. The molecule has 1 aliphatic rings. The third-order valence-electron chi connectivity index (χ3n) is 4.40. The molecule has 0 aromatic rings. The van der Waals surface area contributed by atoms with Gasteiger partial charge in [0.05, 0.1) is 0 Å². The first-order valence-corrected chi connectivity index (χ1v) is 9.19. The van der Waals surface area contributed by atoms with Gasteiger partial charge in [-0.25, -0.2) is 0 Å². The second-order valence-electron chi connectivity index (χ2n) is 7.92. The van der Waals surface area contributed by atoms with E-state index in [1.807, 2.05) is 6.92 Å². The molecule has 0 bridgehead atoms. The number of carbonyl (C=O) groups is 2. The third-order valence-corrected chi connectivity index (χ3v) is 5.51. The van der Waals surface area contributed by atoms with Gasteiger partial charge in [0, 0.05) is 23.0 Å². The van der Waals surface area contributed by atoms with Gasteiger partial charge in [-0.2, -0.15) is 0 Å². The molecule has 2 nitrogen and oxygen atoms in total. The quantitative estimate of drug-likeness (QED) is 0.684. The lowest BCUT2D eigenvalue weighted by atomic mass is 9.82. The summed E-state index contributed by atoms with van der Waals surface area (Å²) in [6.45, 7) is 12.7. The molecule has 21 heavy (non-hydrogen) atoms. The zero-order valence-corrected chi connectivity index (χ0v) is 15.4. The molecular formula is C18H32O2S. The van der Waals surface area contributed by atoms with Gasteiger partial charge in [0.2, 0.25) is 0 Å². The van der Waals surface area contributed by atoms with Crippen LogP contribution in [0, 0.1) is 23.7 Å². The normalized spacial score (nSPS) is 24.6. The molecule has 1 unspecified atom stereocenters. The van der Waals surface area contributed by atoms with Gasteiger partial charge in [-0.05, 0) is 24.7 Å². The predicted molar refractivity (Wildman–Crippen MR) is 91.4 cm³/mol. The van der Waals surface area contributed by atoms with Gasteiger partial charge in [0.1, 0.15) is 5.78 Å². The van der Waals surface area contributed by atoms with Crippen LogP contribution in [0.25, 0.3) is 0 Å². The highest BCUT2D eigenvalue weighted by Gasteiger charge is 2.40. The van der Waals surface area contributed by atoms with Gasteiger partial charge in [-0.3, -0.25) is 9.59 Å². The van der Waals surface area contributed by atoms with E-state index >= 15 is 0 Å². The number of Topliss-reactive ketones (excluding diaryl/α,β-unsaturated/α-hetero) is 1. The molecule has 0 aromatic carbocycles. The molecule has 1 saturated carbocycles. The lowest BCUT2D eigenvalue weighted by Gasteiger charge is -2.28. The SMILES string of the molecule is CC(C)CCC[C@@H](C(=O)SC(C)(C)C)[C@H]1CCC(=O)C1C. The minimum absolute atomic E-state index is 0.0424. The van der Waals surface area contributed by atoms with Crippen molar-refractivity contribution in [2.45, 2.75) is 78.4 Å². The van der Waals surface area contributed by atoms with Crippen molar-refractivity contribution in [3.63, 3.8) is 0 Å². The van der Waals surface area contributed by atoms with E-state index in [-0.39, 0.29) is 22.5 Å². The average molecular weight is 313 g/mol. The van der Waals surface area contributed by atoms with Crippen molar-refractivity contribution in [2.75, 3.05) is 0 Å². The molecule has 0 N–H and O–H groups in total. The van der Waals surface area contributed by atoms with Crippen LogP contribution >= 0.6 is 11.8 Å². The summed E-state index contributed by atoms with van der Waals surface area (Å²) in [5.74, 6) is 1.43. The minimum Gasteiger partial charge on any atom is -0.299 e. The zero-order chi connectivity index (χ0) is 16.2. The van der Waals surface area contributed by atoms with Crippen molar-refractivity contribution in [1.29, 1.82) is 0 Å². The Bertz CT molecular complexity index is 368. The summed E-state index contributed by atoms with van der Waals surface area (Å²) in [5, 5.41) is 0.304. The Morgan fingerprint density at radius 1 is 1.29 bits per heavy atom. The Kier molecular flexibility index (Phi) is 6.96. The van der Waals surface area contributed by atoms with Crippen LogP contribution in [0.2, 0.25) is 0 Å². The molecule has 3 atom stereocenters. The number of thioether (sulfide) groups is 1. The van der Waals surface area contributed by atoms with Crippen molar-refractivity contribution in [3.8, 4) is 0 Å². The fourth-order valence-corrected chi connectivity index (χ4v) is 4.25. The minimum atomic E-state index is -0.0424. The summed E-state index contributed by atoms with van der Waals surface area (Å²) in [4.78, 5) is 24.6.